The summed E-state index contributed by atoms with van der Waals surface area (Å²) in [5.74, 6) is -2.19. The average Bonchev–Trinajstić information content (AvgIpc) is 1.66. The van der Waals surface area contributed by atoms with Gasteiger partial charge in [-0.2, -0.15) is 0 Å². The molecule has 0 radical (unpaired) electrons. The van der Waals surface area contributed by atoms with Crippen molar-refractivity contribution in [2.24, 2.45) is 56.7 Å². The molecular formula is C59H84O20. The van der Waals surface area contributed by atoms with Gasteiger partial charge in [0.25, 0.3) is 0 Å². The lowest BCUT2D eigenvalue weighted by molar-refractivity contribution is -0.332. The normalized spacial score (nSPS) is 45.8. The Balaban J connectivity index is 0.822. The van der Waals surface area contributed by atoms with E-state index >= 15 is 0 Å². The quantitative estimate of drug-likeness (QED) is 0.110. The monoisotopic (exact) mass is 1110 g/mol. The number of ketones is 1. The molecule has 1 aromatic heterocycles. The van der Waals surface area contributed by atoms with Crippen LogP contribution < -0.4 is 14.9 Å². The van der Waals surface area contributed by atoms with E-state index in [1.165, 1.54) is 20.1 Å². The van der Waals surface area contributed by atoms with E-state index in [-0.39, 0.29) is 93.3 Å². The van der Waals surface area contributed by atoms with Crippen LogP contribution in [0.4, 0.5) is 0 Å². The highest BCUT2D eigenvalue weighted by Gasteiger charge is 2.86. The predicted octanol–water partition coefficient (Wildman–Crippen LogP) is 3.98. The van der Waals surface area contributed by atoms with Crippen LogP contribution in [-0.4, -0.2) is 159 Å². The summed E-state index contributed by atoms with van der Waals surface area (Å²) in [7, 11) is 1.43. The third kappa shape index (κ3) is 8.63. The highest BCUT2D eigenvalue weighted by Crippen LogP contribution is 2.89. The molecule has 0 unspecified atom stereocenters. The lowest BCUT2D eigenvalue weighted by Gasteiger charge is -2.65. The van der Waals surface area contributed by atoms with Gasteiger partial charge in [-0.05, 0) is 104 Å². The Kier molecular flexibility index (Phi) is 14.3. The minimum Gasteiger partial charge on any atom is -0.495 e. The molecule has 79 heavy (non-hydrogen) atoms. The fraction of sp³-hybridized carbons (Fsp3) is 0.814. The molecule has 9 aliphatic rings. The van der Waals surface area contributed by atoms with Gasteiger partial charge >= 0.3 is 5.97 Å². The second-order valence-corrected chi connectivity index (χ2v) is 27.2. The van der Waals surface area contributed by atoms with Gasteiger partial charge in [0, 0.05) is 48.8 Å². The van der Waals surface area contributed by atoms with Gasteiger partial charge in [0.1, 0.15) is 89.8 Å². The number of carbonyl (C=O) groups excluding carboxylic acids is 2. The Hall–Kier alpha value is -3.35. The van der Waals surface area contributed by atoms with E-state index in [9.17, 15) is 50.1 Å². The molecule has 8 fully saturated rings. The fourth-order valence-corrected chi connectivity index (χ4v) is 18.1. The zero-order chi connectivity index (χ0) is 57.1. The van der Waals surface area contributed by atoms with Gasteiger partial charge in [-0.1, -0.05) is 48.5 Å². The van der Waals surface area contributed by atoms with Crippen molar-refractivity contribution in [3.8, 4) is 11.5 Å². The van der Waals surface area contributed by atoms with Crippen LogP contribution in [0.3, 0.4) is 0 Å². The van der Waals surface area contributed by atoms with E-state index in [0.717, 1.165) is 25.7 Å². The van der Waals surface area contributed by atoms with Gasteiger partial charge in [0.2, 0.25) is 5.79 Å². The number of esters is 1. The lowest BCUT2D eigenvalue weighted by Crippen LogP contribution is -2.64. The van der Waals surface area contributed by atoms with Crippen molar-refractivity contribution in [2.45, 2.75) is 225 Å². The number of aliphatic hydroxyl groups excluding tert-OH is 6. The predicted molar refractivity (Wildman–Crippen MR) is 278 cm³/mol. The van der Waals surface area contributed by atoms with Crippen molar-refractivity contribution in [2.75, 3.05) is 20.3 Å². The van der Waals surface area contributed by atoms with Crippen LogP contribution in [0, 0.1) is 56.7 Å². The summed E-state index contributed by atoms with van der Waals surface area (Å²) in [5.41, 5.74) is -2.44. The van der Waals surface area contributed by atoms with Crippen LogP contribution in [0.1, 0.15) is 132 Å². The van der Waals surface area contributed by atoms with Crippen molar-refractivity contribution < 1.29 is 92.4 Å². The van der Waals surface area contributed by atoms with Gasteiger partial charge in [-0.3, -0.25) is 14.4 Å². The summed E-state index contributed by atoms with van der Waals surface area (Å²) in [6.45, 7) is 18.5. The molecular weight excluding hydrogens is 1030 g/mol. The average molecular weight is 1110 g/mol. The number of rotatable bonds is 13. The summed E-state index contributed by atoms with van der Waals surface area (Å²) in [6, 6.07) is 2.79. The maximum absolute atomic E-state index is 14.8. The van der Waals surface area contributed by atoms with Crippen LogP contribution in [0.2, 0.25) is 0 Å². The van der Waals surface area contributed by atoms with E-state index in [1.54, 1.807) is 33.8 Å². The van der Waals surface area contributed by atoms with Gasteiger partial charge in [-0.15, -0.1) is 0 Å². The van der Waals surface area contributed by atoms with E-state index in [2.05, 4.69) is 34.6 Å². The molecule has 3 saturated heterocycles. The number of aliphatic hydroxyl groups is 7. The molecule has 5 heterocycles. The molecule has 20 heteroatoms. The topological polar surface area (TPSA) is 289 Å². The van der Waals surface area contributed by atoms with E-state index in [4.69, 9.17) is 47.0 Å². The van der Waals surface area contributed by atoms with Crippen LogP contribution in [0.15, 0.2) is 21.3 Å². The van der Waals surface area contributed by atoms with Gasteiger partial charge < -0.3 is 82.8 Å². The molecule has 5 aliphatic carbocycles. The summed E-state index contributed by atoms with van der Waals surface area (Å²) >= 11 is 0. The molecule has 11 rings (SSSR count). The highest BCUT2D eigenvalue weighted by atomic mass is 16.7. The first-order chi connectivity index (χ1) is 37.0. The maximum Gasteiger partial charge on any atom is 0.302 e. The van der Waals surface area contributed by atoms with Crippen molar-refractivity contribution in [3.63, 3.8) is 0 Å². The number of fused-ring (bicyclic) bond motifs is 6. The Bertz CT molecular complexity index is 2760. The molecule has 4 aliphatic heterocycles. The van der Waals surface area contributed by atoms with Crippen LogP contribution in [0.5, 0.6) is 11.5 Å². The Morgan fingerprint density at radius 2 is 1.58 bits per heavy atom. The molecule has 20 nitrogen and oxygen atoms in total. The number of Topliss-reactive ketones (excluding diaryl/α,β-unsaturated/α-hetero) is 1. The van der Waals surface area contributed by atoms with Crippen molar-refractivity contribution >= 4 is 22.7 Å². The SMILES string of the molecule is COc1c2c(cc3oc(CO[C@@H]4O[C@H](CO[C@@]5(C(=O)C(C)C)C[C@@H](C)[C@H]6[C@H](C[C@@]7(C)[C@@H]8CC[C@H]9C(C)(C)[C@@H](O[C@@H]%10OC[C@@H](O)[C@H](O)[C@H]%10O)CC[C@@]9%10C[C@@]8%10C[C@@H](OC(C)=O)[C@]67C)O5)[C@@H](O)[C@H](O)[C@H]4O)cc(=O)c13)O[C@H](C(C)(C)O)C2. The minimum absolute atomic E-state index is 0.0467. The van der Waals surface area contributed by atoms with E-state index in [0.29, 0.717) is 37.0 Å². The molecule has 1 aromatic carbocycles. The molecule has 5 saturated carbocycles. The van der Waals surface area contributed by atoms with Crippen LogP contribution in [-0.2, 0) is 55.8 Å². The minimum atomic E-state index is -1.80. The number of hydrogen-bond donors (Lipinski definition) is 7. The highest BCUT2D eigenvalue weighted by molar-refractivity contribution is 5.88. The third-order valence-corrected chi connectivity index (χ3v) is 21.9. The number of methoxy groups -OCH3 is 1. The second-order valence-electron chi connectivity index (χ2n) is 27.2. The summed E-state index contributed by atoms with van der Waals surface area (Å²) in [5, 5.41) is 76.2. The first-order valence-corrected chi connectivity index (χ1v) is 28.7. The first-order valence-electron chi connectivity index (χ1n) is 28.7. The van der Waals surface area contributed by atoms with Gasteiger partial charge in [0.05, 0.1) is 38.1 Å². The number of benzene rings is 1. The number of carbonyl (C=O) groups is 2. The summed E-state index contributed by atoms with van der Waals surface area (Å²) < 4.78 is 62.7. The van der Waals surface area contributed by atoms with E-state index < -0.39 is 120 Å². The van der Waals surface area contributed by atoms with Crippen LogP contribution in [0.25, 0.3) is 11.0 Å². The summed E-state index contributed by atoms with van der Waals surface area (Å²) in [6.07, 6.45) is -8.88. The fourth-order valence-electron chi connectivity index (χ4n) is 18.1. The number of ether oxygens (including phenoxy) is 9. The zero-order valence-electron chi connectivity index (χ0n) is 47.5. The Labute approximate surface area is 460 Å². The first kappa shape index (κ1) is 57.5. The van der Waals surface area contributed by atoms with Crippen molar-refractivity contribution in [1.82, 2.24) is 0 Å². The van der Waals surface area contributed by atoms with Crippen molar-refractivity contribution in [3.05, 3.63) is 33.7 Å². The van der Waals surface area contributed by atoms with Gasteiger partial charge in [0.15, 0.2) is 23.8 Å². The number of hydrogen-bond acceptors (Lipinski definition) is 20. The molecule has 22 atom stereocenters. The third-order valence-electron chi connectivity index (χ3n) is 21.9. The Morgan fingerprint density at radius 3 is 2.27 bits per heavy atom. The second kappa shape index (κ2) is 19.6. The Morgan fingerprint density at radius 1 is 0.873 bits per heavy atom. The van der Waals surface area contributed by atoms with Crippen LogP contribution >= 0.6 is 0 Å². The zero-order valence-corrected chi connectivity index (χ0v) is 47.5. The molecule has 2 spiro atoms. The molecule has 0 bridgehead atoms. The molecule has 7 N–H and O–H groups in total. The smallest absolute Gasteiger partial charge is 0.302 e. The van der Waals surface area contributed by atoms with Crippen molar-refractivity contribution in [1.29, 1.82) is 0 Å². The van der Waals surface area contributed by atoms with E-state index in [1.807, 2.05) is 0 Å². The maximum atomic E-state index is 14.8. The summed E-state index contributed by atoms with van der Waals surface area (Å²) in [4.78, 5) is 41.7. The standard InChI is InChI=1S/C59H84O20/c1-26(2)50(68)59(73-24-36-45(64)46(65)48(67)51(77-36)71-22-29-16-31(61)42-34(75-29)18-33-30(49(42)70-11)17-40(76-33)54(7,8)69)19-27(3)43-35(79-59)20-55(9)38-13-12-37-53(5,6)39(78-52-47(66)44(63)32(62)23-72-52)14-15-57(37)25-58(38,57)21-41(56(43,55)10)74-28(4)60/h16,18,26-27,32,35-41,43-48,51-52,62-67,69H,12-15,17,19-25H2,1-11H3/t27-,32-,35+,36-,37+,38+,39+,40+,41-,43+,44+,45-,46+,47-,48-,51-,52+,55+,56-,57-,58+,59+/m1/s1. The molecule has 440 valence electrons. The molecule has 0 amide bonds. The lowest BCUT2D eigenvalue weighted by atomic mass is 9.41. The molecule has 2 aromatic rings. The largest absolute Gasteiger partial charge is 0.495 e. The van der Waals surface area contributed by atoms with Gasteiger partial charge in [-0.25, -0.2) is 0 Å².